The number of carbonyl (C=O) groups is 1. The normalized spacial score (nSPS) is 19.9. The molecule has 6 heteroatoms. The molecule has 1 aliphatic heterocycles. The Morgan fingerprint density at radius 1 is 1.71 bits per heavy atom. The van der Waals surface area contributed by atoms with Crippen LogP contribution in [0.3, 0.4) is 0 Å². The van der Waals surface area contributed by atoms with Crippen LogP contribution in [0.25, 0.3) is 0 Å². The number of aryl methyl sites for hydroxylation is 1. The molecular formula is C11H15NO4P+. The quantitative estimate of drug-likeness (QED) is 0.662. The number of carbonyl (C=O) groups excluding carboxylic acids is 1. The summed E-state index contributed by atoms with van der Waals surface area (Å²) in [4.78, 5) is 20.2. The summed E-state index contributed by atoms with van der Waals surface area (Å²) in [7, 11) is -2.57. The van der Waals surface area contributed by atoms with E-state index in [1.165, 1.54) is 6.92 Å². The molecule has 92 valence electrons. The van der Waals surface area contributed by atoms with E-state index in [0.717, 1.165) is 25.1 Å². The van der Waals surface area contributed by atoms with Gasteiger partial charge in [0, 0.05) is 34.5 Å². The average molecular weight is 256 g/mol. The molecule has 1 aromatic rings. The van der Waals surface area contributed by atoms with E-state index in [0.29, 0.717) is 5.56 Å². The second-order valence-corrected chi connectivity index (χ2v) is 4.97. The van der Waals surface area contributed by atoms with Crippen molar-refractivity contribution in [3.8, 4) is 0 Å². The summed E-state index contributed by atoms with van der Waals surface area (Å²) in [5, 5.41) is 0. The highest BCUT2D eigenvalue weighted by Crippen LogP contribution is 2.33. The van der Waals surface area contributed by atoms with Gasteiger partial charge in [-0.2, -0.15) is 0 Å². The van der Waals surface area contributed by atoms with E-state index in [2.05, 4.69) is 0 Å². The molecule has 0 saturated carbocycles. The summed E-state index contributed by atoms with van der Waals surface area (Å²) in [6, 6.07) is 1.81. The smallest absolute Gasteiger partial charge is 0.350 e. The minimum atomic E-state index is -2.57. The first-order valence-corrected chi connectivity index (χ1v) is 6.71. The third-order valence-electron chi connectivity index (χ3n) is 3.11. The van der Waals surface area contributed by atoms with Crippen molar-refractivity contribution in [2.24, 2.45) is 0 Å². The zero-order valence-corrected chi connectivity index (χ0v) is 10.5. The Balaban J connectivity index is 2.25. The van der Waals surface area contributed by atoms with Gasteiger partial charge in [-0.3, -0.25) is 4.79 Å². The molecule has 0 amide bonds. The van der Waals surface area contributed by atoms with Crippen molar-refractivity contribution < 1.29 is 18.8 Å². The molecule has 2 atom stereocenters. The predicted molar refractivity (Wildman–Crippen MR) is 62.2 cm³/mol. The molecule has 0 radical (unpaired) electrons. The number of hydrogen-bond acceptors (Lipinski definition) is 3. The van der Waals surface area contributed by atoms with Crippen molar-refractivity contribution in [2.45, 2.75) is 32.2 Å². The predicted octanol–water partition coefficient (Wildman–Crippen LogP) is 2.23. The number of rotatable bonds is 4. The number of hydrogen-bond donors (Lipinski definition) is 1. The first-order chi connectivity index (χ1) is 8.09. The van der Waals surface area contributed by atoms with Crippen LogP contribution in [0.15, 0.2) is 12.3 Å². The minimum Gasteiger partial charge on any atom is -0.350 e. The zero-order valence-electron chi connectivity index (χ0n) is 9.63. The largest absolute Gasteiger partial charge is 0.694 e. The van der Waals surface area contributed by atoms with E-state index >= 15 is 0 Å². The molecule has 0 bridgehead atoms. The van der Waals surface area contributed by atoms with E-state index in [1.54, 1.807) is 0 Å². The van der Waals surface area contributed by atoms with E-state index in [9.17, 15) is 9.36 Å². The molecule has 1 N–H and O–H groups in total. The number of fused-ring (bicyclic) bond motifs is 1. The van der Waals surface area contributed by atoms with Crippen LogP contribution in [0.5, 0.6) is 0 Å². The van der Waals surface area contributed by atoms with Gasteiger partial charge in [0.05, 0.1) is 0 Å². The number of aromatic nitrogens is 1. The van der Waals surface area contributed by atoms with Gasteiger partial charge in [0.1, 0.15) is 6.61 Å². The fraction of sp³-hybridized carbons (Fsp3) is 0.545. The lowest BCUT2D eigenvalue weighted by atomic mass is 9.93. The molecule has 2 rings (SSSR count). The molecule has 1 aromatic heterocycles. The molecule has 17 heavy (non-hydrogen) atoms. The lowest BCUT2D eigenvalue weighted by molar-refractivity contribution is 0.101. The second kappa shape index (κ2) is 5.08. The van der Waals surface area contributed by atoms with Crippen LogP contribution in [0, 0.1) is 0 Å². The van der Waals surface area contributed by atoms with Gasteiger partial charge in [-0.15, -0.1) is 9.42 Å². The highest BCUT2D eigenvalue weighted by atomic mass is 31.1. The van der Waals surface area contributed by atoms with Crippen LogP contribution >= 0.6 is 8.25 Å². The third kappa shape index (κ3) is 2.63. The van der Waals surface area contributed by atoms with Crippen molar-refractivity contribution in [1.29, 1.82) is 0 Å². The Bertz CT molecular complexity index is 454. The van der Waals surface area contributed by atoms with Crippen LogP contribution in [0.2, 0.25) is 0 Å². The lowest BCUT2D eigenvalue weighted by Crippen LogP contribution is -2.20. The van der Waals surface area contributed by atoms with Crippen LogP contribution in [0.4, 0.5) is 0 Å². The summed E-state index contributed by atoms with van der Waals surface area (Å²) in [5.41, 5.74) is 1.65. The van der Waals surface area contributed by atoms with E-state index in [-0.39, 0.29) is 18.3 Å². The van der Waals surface area contributed by atoms with E-state index in [1.807, 2.05) is 16.8 Å². The van der Waals surface area contributed by atoms with E-state index in [4.69, 9.17) is 9.42 Å². The molecule has 2 heterocycles. The summed E-state index contributed by atoms with van der Waals surface area (Å²) in [6.45, 7) is 2.62. The summed E-state index contributed by atoms with van der Waals surface area (Å²) >= 11 is 0. The molecule has 2 unspecified atom stereocenters. The van der Waals surface area contributed by atoms with Crippen LogP contribution in [-0.4, -0.2) is 21.9 Å². The Hall–Kier alpha value is -1.03. The highest BCUT2D eigenvalue weighted by molar-refractivity contribution is 7.32. The standard InChI is InChI=1S/C11H14NO4P/c1-8(13)10-4-6-12-5-2-3-9(11(10)12)7-16-17(14)15/h4,6,9H,2-3,5,7H2,1H3/p+1. The molecular weight excluding hydrogens is 241 g/mol. The van der Waals surface area contributed by atoms with Crippen LogP contribution < -0.4 is 0 Å². The summed E-state index contributed by atoms with van der Waals surface area (Å²) in [5.74, 6) is 0.0581. The number of nitrogens with zero attached hydrogens (tertiary/aromatic N) is 1. The fourth-order valence-electron chi connectivity index (χ4n) is 2.39. The van der Waals surface area contributed by atoms with Crippen molar-refractivity contribution in [2.75, 3.05) is 6.61 Å². The van der Waals surface area contributed by atoms with Crippen molar-refractivity contribution in [3.63, 3.8) is 0 Å². The molecule has 5 nitrogen and oxygen atoms in total. The SMILES string of the molecule is CC(=O)c1ccn2c1C(CO[P+](=O)O)CCC2. The Labute approximate surface area is 100 Å². The van der Waals surface area contributed by atoms with Gasteiger partial charge in [0.25, 0.3) is 0 Å². The van der Waals surface area contributed by atoms with Crippen molar-refractivity contribution in [3.05, 3.63) is 23.5 Å². The fourth-order valence-corrected chi connectivity index (χ4v) is 2.70. The van der Waals surface area contributed by atoms with Gasteiger partial charge in [-0.05, 0) is 25.8 Å². The van der Waals surface area contributed by atoms with Gasteiger partial charge in [0.15, 0.2) is 5.78 Å². The maximum absolute atomic E-state index is 11.5. The van der Waals surface area contributed by atoms with Crippen molar-refractivity contribution >= 4 is 14.0 Å². The third-order valence-corrected chi connectivity index (χ3v) is 3.48. The zero-order chi connectivity index (χ0) is 12.4. The van der Waals surface area contributed by atoms with Gasteiger partial charge >= 0.3 is 8.25 Å². The number of Topliss-reactive ketones (excluding diaryl/α,β-unsaturated/α-hetero) is 1. The van der Waals surface area contributed by atoms with Gasteiger partial charge in [-0.1, -0.05) is 0 Å². The molecule has 0 fully saturated rings. The van der Waals surface area contributed by atoms with Gasteiger partial charge in [0.2, 0.25) is 0 Å². The molecule has 0 saturated heterocycles. The number of ketones is 1. The maximum atomic E-state index is 11.5. The summed E-state index contributed by atoms with van der Waals surface area (Å²) in [6.07, 6.45) is 3.78. The second-order valence-electron chi connectivity index (χ2n) is 4.24. The lowest BCUT2D eigenvalue weighted by Gasteiger charge is -2.24. The summed E-state index contributed by atoms with van der Waals surface area (Å²) < 4.78 is 17.4. The first-order valence-electron chi connectivity index (χ1n) is 5.58. The van der Waals surface area contributed by atoms with Gasteiger partial charge in [-0.25, -0.2) is 0 Å². The molecule has 0 spiro atoms. The molecule has 1 aliphatic rings. The van der Waals surface area contributed by atoms with Crippen molar-refractivity contribution in [1.82, 2.24) is 4.57 Å². The Kier molecular flexibility index (Phi) is 3.72. The van der Waals surface area contributed by atoms with Crippen LogP contribution in [-0.2, 0) is 15.6 Å². The van der Waals surface area contributed by atoms with Crippen LogP contribution in [0.1, 0.15) is 41.7 Å². The monoisotopic (exact) mass is 256 g/mol. The Morgan fingerprint density at radius 2 is 2.47 bits per heavy atom. The van der Waals surface area contributed by atoms with Gasteiger partial charge < -0.3 is 4.57 Å². The molecule has 0 aliphatic carbocycles. The Morgan fingerprint density at radius 3 is 3.12 bits per heavy atom. The average Bonchev–Trinajstić information content (AvgIpc) is 2.70. The topological polar surface area (TPSA) is 68.5 Å². The first kappa shape index (κ1) is 12.4. The minimum absolute atomic E-state index is 0.0269. The highest BCUT2D eigenvalue weighted by Gasteiger charge is 2.28. The maximum Gasteiger partial charge on any atom is 0.694 e. The van der Waals surface area contributed by atoms with E-state index < -0.39 is 8.25 Å². The molecule has 0 aromatic carbocycles.